The third-order valence-electron chi connectivity index (χ3n) is 2.99. The highest BCUT2D eigenvalue weighted by atomic mass is 32.1. The maximum Gasteiger partial charge on any atom is 0.0591 e. The SMILES string of the molecule is CCc1ccc(C(C)NCCOCCC(C)C)s1. The fourth-order valence-corrected chi connectivity index (χ4v) is 2.67. The molecule has 0 aliphatic rings. The van der Waals surface area contributed by atoms with Crippen molar-refractivity contribution >= 4 is 11.3 Å². The minimum absolute atomic E-state index is 0.434. The summed E-state index contributed by atoms with van der Waals surface area (Å²) in [5, 5.41) is 3.51. The van der Waals surface area contributed by atoms with E-state index in [-0.39, 0.29) is 0 Å². The van der Waals surface area contributed by atoms with Crippen LogP contribution in [0.3, 0.4) is 0 Å². The first-order valence-electron chi connectivity index (χ1n) is 7.03. The van der Waals surface area contributed by atoms with Crippen LogP contribution in [0, 0.1) is 5.92 Å². The molecule has 1 atom stereocenters. The topological polar surface area (TPSA) is 21.3 Å². The van der Waals surface area contributed by atoms with Crippen LogP contribution < -0.4 is 5.32 Å². The van der Waals surface area contributed by atoms with E-state index in [1.165, 1.54) is 9.75 Å². The first kappa shape index (κ1) is 15.7. The molecule has 1 rings (SSSR count). The molecule has 1 aromatic heterocycles. The lowest BCUT2D eigenvalue weighted by atomic mass is 10.1. The van der Waals surface area contributed by atoms with Gasteiger partial charge >= 0.3 is 0 Å². The van der Waals surface area contributed by atoms with Crippen LogP contribution in [0.2, 0.25) is 0 Å². The molecule has 0 radical (unpaired) electrons. The molecule has 3 heteroatoms. The van der Waals surface area contributed by atoms with Gasteiger partial charge in [0.2, 0.25) is 0 Å². The Bertz CT molecular complexity index is 322. The van der Waals surface area contributed by atoms with E-state index in [9.17, 15) is 0 Å². The summed E-state index contributed by atoms with van der Waals surface area (Å²) < 4.78 is 5.60. The number of thiophene rings is 1. The van der Waals surface area contributed by atoms with Crippen LogP contribution in [0.25, 0.3) is 0 Å². The maximum absolute atomic E-state index is 5.60. The third-order valence-corrected chi connectivity index (χ3v) is 4.41. The van der Waals surface area contributed by atoms with E-state index in [4.69, 9.17) is 4.74 Å². The predicted molar refractivity (Wildman–Crippen MR) is 80.4 cm³/mol. The highest BCUT2D eigenvalue weighted by Crippen LogP contribution is 2.23. The van der Waals surface area contributed by atoms with Crippen molar-refractivity contribution in [2.45, 2.75) is 46.6 Å². The largest absolute Gasteiger partial charge is 0.380 e. The second-order valence-corrected chi connectivity index (χ2v) is 6.33. The number of hydrogen-bond acceptors (Lipinski definition) is 3. The van der Waals surface area contributed by atoms with E-state index in [1.807, 2.05) is 11.3 Å². The highest BCUT2D eigenvalue weighted by molar-refractivity contribution is 7.12. The lowest BCUT2D eigenvalue weighted by Crippen LogP contribution is -2.23. The van der Waals surface area contributed by atoms with Crippen LogP contribution >= 0.6 is 11.3 Å². The molecule has 0 aliphatic carbocycles. The van der Waals surface area contributed by atoms with Crippen molar-refractivity contribution in [3.05, 3.63) is 21.9 Å². The monoisotopic (exact) mass is 269 g/mol. The van der Waals surface area contributed by atoms with Gasteiger partial charge < -0.3 is 10.1 Å². The average Bonchev–Trinajstić information content (AvgIpc) is 2.81. The van der Waals surface area contributed by atoms with Gasteiger partial charge in [-0.15, -0.1) is 11.3 Å². The standard InChI is InChI=1S/C15H27NOS/c1-5-14-6-7-15(18-14)13(4)16-9-11-17-10-8-12(2)3/h6-7,12-13,16H,5,8-11H2,1-4H3. The minimum atomic E-state index is 0.434. The van der Waals surface area contributed by atoms with Crippen LogP contribution in [-0.4, -0.2) is 19.8 Å². The van der Waals surface area contributed by atoms with E-state index in [0.29, 0.717) is 6.04 Å². The molecule has 0 fully saturated rings. The summed E-state index contributed by atoms with van der Waals surface area (Å²) in [5.41, 5.74) is 0. The van der Waals surface area contributed by atoms with Gasteiger partial charge in [0.15, 0.2) is 0 Å². The minimum Gasteiger partial charge on any atom is -0.380 e. The molecule has 0 aliphatic heterocycles. The first-order valence-corrected chi connectivity index (χ1v) is 7.84. The van der Waals surface area contributed by atoms with Gasteiger partial charge in [0.05, 0.1) is 6.61 Å². The summed E-state index contributed by atoms with van der Waals surface area (Å²) in [4.78, 5) is 2.89. The van der Waals surface area contributed by atoms with E-state index in [2.05, 4.69) is 45.1 Å². The van der Waals surface area contributed by atoms with Crippen molar-refractivity contribution in [3.8, 4) is 0 Å². The average molecular weight is 269 g/mol. The quantitative estimate of drug-likeness (QED) is 0.684. The summed E-state index contributed by atoms with van der Waals surface area (Å²) in [6.45, 7) is 11.5. The van der Waals surface area contributed by atoms with Crippen molar-refractivity contribution in [3.63, 3.8) is 0 Å². The van der Waals surface area contributed by atoms with E-state index in [1.54, 1.807) is 0 Å². The Morgan fingerprint density at radius 1 is 1.22 bits per heavy atom. The van der Waals surface area contributed by atoms with Crippen LogP contribution in [0.5, 0.6) is 0 Å². The third kappa shape index (κ3) is 5.98. The Hall–Kier alpha value is -0.380. The van der Waals surface area contributed by atoms with Crippen molar-refractivity contribution < 1.29 is 4.74 Å². The fraction of sp³-hybridized carbons (Fsp3) is 0.733. The molecule has 1 heterocycles. The van der Waals surface area contributed by atoms with E-state index < -0.39 is 0 Å². The van der Waals surface area contributed by atoms with Gasteiger partial charge in [-0.1, -0.05) is 20.8 Å². The molecule has 0 aromatic carbocycles. The van der Waals surface area contributed by atoms with Crippen molar-refractivity contribution in [2.75, 3.05) is 19.8 Å². The van der Waals surface area contributed by atoms with E-state index >= 15 is 0 Å². The predicted octanol–water partition coefficient (Wildman–Crippen LogP) is 4.02. The number of ether oxygens (including phenoxy) is 1. The highest BCUT2D eigenvalue weighted by Gasteiger charge is 2.07. The number of rotatable bonds is 9. The Morgan fingerprint density at radius 2 is 2.00 bits per heavy atom. The molecule has 18 heavy (non-hydrogen) atoms. The van der Waals surface area contributed by atoms with Crippen LogP contribution in [0.1, 0.15) is 49.9 Å². The first-order chi connectivity index (χ1) is 8.63. The van der Waals surface area contributed by atoms with Gasteiger partial charge in [-0.05, 0) is 37.8 Å². The number of aryl methyl sites for hydroxylation is 1. The van der Waals surface area contributed by atoms with Gasteiger partial charge in [-0.3, -0.25) is 0 Å². The second kappa shape index (κ2) is 8.68. The molecule has 104 valence electrons. The molecule has 0 bridgehead atoms. The van der Waals surface area contributed by atoms with Gasteiger partial charge in [0.1, 0.15) is 0 Å². The molecule has 2 nitrogen and oxygen atoms in total. The van der Waals surface area contributed by atoms with Gasteiger partial charge in [0.25, 0.3) is 0 Å². The molecule has 0 spiro atoms. The molecular weight excluding hydrogens is 242 g/mol. The maximum atomic E-state index is 5.60. The van der Waals surface area contributed by atoms with Crippen LogP contribution in [-0.2, 0) is 11.2 Å². The molecule has 1 aromatic rings. The molecule has 1 N–H and O–H groups in total. The lowest BCUT2D eigenvalue weighted by molar-refractivity contribution is 0.124. The van der Waals surface area contributed by atoms with Gasteiger partial charge in [-0.2, -0.15) is 0 Å². The molecule has 1 unspecified atom stereocenters. The van der Waals surface area contributed by atoms with Gasteiger partial charge in [-0.25, -0.2) is 0 Å². The summed E-state index contributed by atoms with van der Waals surface area (Å²) in [6, 6.07) is 4.90. The fourth-order valence-electron chi connectivity index (χ4n) is 1.69. The molecule has 0 amide bonds. The Kier molecular flexibility index (Phi) is 7.56. The zero-order valence-electron chi connectivity index (χ0n) is 12.2. The van der Waals surface area contributed by atoms with Gasteiger partial charge in [0, 0.05) is 28.9 Å². The van der Waals surface area contributed by atoms with Crippen molar-refractivity contribution in [1.82, 2.24) is 5.32 Å². The Balaban J connectivity index is 2.11. The Morgan fingerprint density at radius 3 is 2.61 bits per heavy atom. The molecule has 0 saturated carbocycles. The summed E-state index contributed by atoms with van der Waals surface area (Å²) in [5.74, 6) is 0.732. The zero-order chi connectivity index (χ0) is 13.4. The Labute approximate surface area is 116 Å². The van der Waals surface area contributed by atoms with Crippen molar-refractivity contribution in [1.29, 1.82) is 0 Å². The summed E-state index contributed by atoms with van der Waals surface area (Å²) >= 11 is 1.91. The summed E-state index contributed by atoms with van der Waals surface area (Å²) in [7, 11) is 0. The molecular formula is C15H27NOS. The summed E-state index contributed by atoms with van der Waals surface area (Å²) in [6.07, 6.45) is 2.29. The van der Waals surface area contributed by atoms with Crippen molar-refractivity contribution in [2.24, 2.45) is 5.92 Å². The number of hydrogen-bond donors (Lipinski definition) is 1. The molecule has 0 saturated heterocycles. The lowest BCUT2D eigenvalue weighted by Gasteiger charge is -2.12. The van der Waals surface area contributed by atoms with Crippen LogP contribution in [0.15, 0.2) is 12.1 Å². The normalized spacial score (nSPS) is 13.2. The van der Waals surface area contributed by atoms with Crippen LogP contribution in [0.4, 0.5) is 0 Å². The second-order valence-electron chi connectivity index (χ2n) is 5.13. The zero-order valence-corrected chi connectivity index (χ0v) is 13.0. The number of nitrogens with one attached hydrogen (secondary N) is 1. The smallest absolute Gasteiger partial charge is 0.0591 e. The van der Waals surface area contributed by atoms with E-state index in [0.717, 1.165) is 38.5 Å².